The summed E-state index contributed by atoms with van der Waals surface area (Å²) in [5.74, 6) is 0.709. The Labute approximate surface area is 131 Å². The molecule has 0 amide bonds. The first kappa shape index (κ1) is 16.5. The van der Waals surface area contributed by atoms with E-state index in [4.69, 9.17) is 16.3 Å². The van der Waals surface area contributed by atoms with E-state index < -0.39 is 10.0 Å². The Balaban J connectivity index is 1.82. The number of rotatable bonds is 6. The van der Waals surface area contributed by atoms with Crippen molar-refractivity contribution in [3.8, 4) is 5.75 Å². The van der Waals surface area contributed by atoms with Crippen molar-refractivity contribution in [1.82, 2.24) is 9.62 Å². The summed E-state index contributed by atoms with van der Waals surface area (Å²) in [4.78, 5) is 2.21. The van der Waals surface area contributed by atoms with Gasteiger partial charge in [0.2, 0.25) is 10.0 Å². The molecule has 1 fully saturated rings. The molecule has 7 heteroatoms. The molecule has 0 aromatic heterocycles. The van der Waals surface area contributed by atoms with Crippen LogP contribution in [0, 0.1) is 0 Å². The molecule has 0 aliphatic carbocycles. The fraction of sp³-hybridized carbons (Fsp3) is 0.571. The molecule has 0 saturated carbocycles. The molecule has 0 bridgehead atoms. The summed E-state index contributed by atoms with van der Waals surface area (Å²) in [5.41, 5.74) is 0. The van der Waals surface area contributed by atoms with E-state index in [9.17, 15) is 8.42 Å². The maximum Gasteiger partial charge on any atom is 0.208 e. The number of nitrogens with one attached hydrogen (secondary N) is 1. The van der Waals surface area contributed by atoms with Crippen LogP contribution in [0.3, 0.4) is 0 Å². The fourth-order valence-electron chi connectivity index (χ4n) is 2.42. The lowest BCUT2D eigenvalue weighted by molar-refractivity contribution is 0.0900. The smallest absolute Gasteiger partial charge is 0.208 e. The minimum Gasteiger partial charge on any atom is -0.488 e. The Morgan fingerprint density at radius 1 is 1.43 bits per heavy atom. The van der Waals surface area contributed by atoms with Crippen molar-refractivity contribution in [3.05, 3.63) is 29.3 Å². The summed E-state index contributed by atoms with van der Waals surface area (Å²) in [5, 5.41) is 0.619. The van der Waals surface area contributed by atoms with Crippen LogP contribution in [-0.4, -0.2) is 51.9 Å². The highest BCUT2D eigenvalue weighted by Gasteiger charge is 2.21. The van der Waals surface area contributed by atoms with Crippen LogP contribution < -0.4 is 9.46 Å². The summed E-state index contributed by atoms with van der Waals surface area (Å²) in [7, 11) is -3.12. The van der Waals surface area contributed by atoms with Gasteiger partial charge in [0.25, 0.3) is 0 Å². The Morgan fingerprint density at radius 2 is 2.19 bits per heavy atom. The van der Waals surface area contributed by atoms with E-state index in [0.29, 0.717) is 23.9 Å². The summed E-state index contributed by atoms with van der Waals surface area (Å²) >= 11 is 6.10. The number of hydrogen-bond acceptors (Lipinski definition) is 4. The van der Waals surface area contributed by atoms with Crippen LogP contribution in [0.15, 0.2) is 24.3 Å². The fourth-order valence-corrected chi connectivity index (χ4v) is 3.06. The van der Waals surface area contributed by atoms with Crippen LogP contribution in [0.1, 0.15) is 12.8 Å². The average molecular weight is 333 g/mol. The molecule has 1 saturated heterocycles. The molecule has 5 nitrogen and oxygen atoms in total. The largest absolute Gasteiger partial charge is 0.488 e. The molecule has 1 N–H and O–H groups in total. The molecule has 2 rings (SSSR count). The minimum absolute atomic E-state index is 0.0943. The zero-order valence-electron chi connectivity index (χ0n) is 12.1. The number of piperidine rings is 1. The molecule has 21 heavy (non-hydrogen) atoms. The first-order valence-corrected chi connectivity index (χ1v) is 9.29. The molecule has 1 unspecified atom stereocenters. The van der Waals surface area contributed by atoms with Crippen LogP contribution in [0.4, 0.5) is 0 Å². The molecular formula is C14H21ClN2O3S. The Kier molecular flexibility index (Phi) is 5.87. The van der Waals surface area contributed by atoms with E-state index in [1.165, 1.54) is 6.26 Å². The third-order valence-corrected chi connectivity index (χ3v) is 4.43. The van der Waals surface area contributed by atoms with Gasteiger partial charge in [0.1, 0.15) is 11.9 Å². The van der Waals surface area contributed by atoms with Crippen molar-refractivity contribution in [3.63, 3.8) is 0 Å². The van der Waals surface area contributed by atoms with Gasteiger partial charge in [-0.3, -0.25) is 4.90 Å². The monoisotopic (exact) mass is 332 g/mol. The van der Waals surface area contributed by atoms with Crippen molar-refractivity contribution in [1.29, 1.82) is 0 Å². The molecule has 1 heterocycles. The summed E-state index contributed by atoms with van der Waals surface area (Å²) in [6.07, 6.45) is 3.29. The van der Waals surface area contributed by atoms with Crippen LogP contribution in [0.5, 0.6) is 5.75 Å². The number of halogens is 1. The highest BCUT2D eigenvalue weighted by molar-refractivity contribution is 7.88. The van der Waals surface area contributed by atoms with Gasteiger partial charge in [0, 0.05) is 19.6 Å². The van der Waals surface area contributed by atoms with E-state index in [0.717, 1.165) is 25.9 Å². The zero-order chi connectivity index (χ0) is 15.3. The lowest BCUT2D eigenvalue weighted by Gasteiger charge is -2.33. The third-order valence-electron chi connectivity index (χ3n) is 3.38. The Bertz CT molecular complexity index is 565. The standard InChI is InChI=1S/C14H21ClN2O3S/c1-21(18,19)16-8-10-17-9-4-5-12(11-17)20-14-7-3-2-6-13(14)15/h2-3,6-7,12,16H,4-5,8-11H2,1H3. The van der Waals surface area contributed by atoms with E-state index in [1.54, 1.807) is 0 Å². The summed E-state index contributed by atoms with van der Waals surface area (Å²) in [6, 6.07) is 7.46. The maximum absolute atomic E-state index is 11.0. The van der Waals surface area contributed by atoms with Crippen molar-refractivity contribution in [2.24, 2.45) is 0 Å². The van der Waals surface area contributed by atoms with Gasteiger partial charge in [-0.2, -0.15) is 0 Å². The normalized spacial score (nSPS) is 20.4. The number of benzene rings is 1. The van der Waals surface area contributed by atoms with Crippen LogP contribution >= 0.6 is 11.6 Å². The molecular weight excluding hydrogens is 312 g/mol. The lowest BCUT2D eigenvalue weighted by Crippen LogP contribution is -2.44. The van der Waals surface area contributed by atoms with Crippen molar-refractivity contribution < 1.29 is 13.2 Å². The van der Waals surface area contributed by atoms with Crippen LogP contribution in [0.25, 0.3) is 0 Å². The molecule has 1 aliphatic rings. The summed E-state index contributed by atoms with van der Waals surface area (Å²) < 4.78 is 30.6. The number of para-hydroxylation sites is 1. The van der Waals surface area contributed by atoms with E-state index in [1.807, 2.05) is 24.3 Å². The second-order valence-electron chi connectivity index (χ2n) is 5.28. The number of sulfonamides is 1. The predicted molar refractivity (Wildman–Crippen MR) is 84.4 cm³/mol. The van der Waals surface area contributed by atoms with Gasteiger partial charge >= 0.3 is 0 Å². The average Bonchev–Trinajstić information content (AvgIpc) is 2.40. The molecule has 0 radical (unpaired) electrons. The Morgan fingerprint density at radius 3 is 2.90 bits per heavy atom. The lowest BCUT2D eigenvalue weighted by atomic mass is 10.1. The number of nitrogens with zero attached hydrogens (tertiary/aromatic N) is 1. The van der Waals surface area contributed by atoms with Gasteiger partial charge in [-0.05, 0) is 31.5 Å². The molecule has 1 atom stereocenters. The SMILES string of the molecule is CS(=O)(=O)NCCN1CCCC(Oc2ccccc2Cl)C1. The van der Waals surface area contributed by atoms with Gasteiger partial charge in [-0.1, -0.05) is 23.7 Å². The van der Waals surface area contributed by atoms with Crippen molar-refractivity contribution in [2.75, 3.05) is 32.4 Å². The second-order valence-corrected chi connectivity index (χ2v) is 7.52. The highest BCUT2D eigenvalue weighted by atomic mass is 35.5. The van der Waals surface area contributed by atoms with E-state index in [-0.39, 0.29) is 6.10 Å². The van der Waals surface area contributed by atoms with E-state index in [2.05, 4.69) is 9.62 Å². The predicted octanol–water partition coefficient (Wildman–Crippen LogP) is 1.73. The van der Waals surface area contributed by atoms with Crippen LogP contribution in [0.2, 0.25) is 5.02 Å². The van der Waals surface area contributed by atoms with Crippen molar-refractivity contribution in [2.45, 2.75) is 18.9 Å². The summed E-state index contributed by atoms with van der Waals surface area (Å²) in [6.45, 7) is 2.87. The number of likely N-dealkylation sites (tertiary alicyclic amines) is 1. The van der Waals surface area contributed by atoms with Gasteiger partial charge < -0.3 is 4.74 Å². The molecule has 1 aromatic rings. The van der Waals surface area contributed by atoms with Gasteiger partial charge in [0.05, 0.1) is 11.3 Å². The topological polar surface area (TPSA) is 58.6 Å². The van der Waals surface area contributed by atoms with Crippen LogP contribution in [-0.2, 0) is 10.0 Å². The zero-order valence-corrected chi connectivity index (χ0v) is 13.7. The highest BCUT2D eigenvalue weighted by Crippen LogP contribution is 2.26. The Hall–Kier alpha value is -0.820. The maximum atomic E-state index is 11.0. The van der Waals surface area contributed by atoms with Gasteiger partial charge in [-0.15, -0.1) is 0 Å². The molecule has 118 valence electrons. The molecule has 1 aromatic carbocycles. The quantitative estimate of drug-likeness (QED) is 0.862. The number of hydrogen-bond donors (Lipinski definition) is 1. The van der Waals surface area contributed by atoms with E-state index >= 15 is 0 Å². The van der Waals surface area contributed by atoms with Gasteiger partial charge in [0.15, 0.2) is 0 Å². The minimum atomic E-state index is -3.12. The third kappa shape index (κ3) is 5.82. The molecule has 1 aliphatic heterocycles. The second kappa shape index (κ2) is 7.45. The number of ether oxygens (including phenoxy) is 1. The van der Waals surface area contributed by atoms with Gasteiger partial charge in [-0.25, -0.2) is 13.1 Å². The first-order chi connectivity index (χ1) is 9.94. The van der Waals surface area contributed by atoms with Crippen molar-refractivity contribution >= 4 is 21.6 Å². The first-order valence-electron chi connectivity index (χ1n) is 7.02. The molecule has 0 spiro atoms.